The van der Waals surface area contributed by atoms with Gasteiger partial charge in [-0.25, -0.2) is 0 Å². The Balaban J connectivity index is 0. The fourth-order valence-electron chi connectivity index (χ4n) is 0.446. The zero-order valence-corrected chi connectivity index (χ0v) is 8.95. The van der Waals surface area contributed by atoms with E-state index in [-0.39, 0.29) is 0 Å². The molecule has 0 N–H and O–H groups in total. The number of carbonyl (C=O) groups excluding carboxylic acids is 1. The topological polar surface area (TPSA) is 30.0 Å². The molecule has 0 saturated carbocycles. The molecule has 0 bridgehead atoms. The second-order valence-corrected chi connectivity index (χ2v) is 2.08. The molecular weight excluding hydrogens is 162 g/mol. The van der Waals surface area contributed by atoms with Crippen molar-refractivity contribution in [2.75, 3.05) is 0 Å². The summed E-state index contributed by atoms with van der Waals surface area (Å²) in [7, 11) is 0. The van der Waals surface area contributed by atoms with E-state index in [4.69, 9.17) is 0 Å². The summed E-state index contributed by atoms with van der Waals surface area (Å²) < 4.78 is 0. The fourth-order valence-corrected chi connectivity index (χ4v) is 0.446. The average Bonchev–Trinajstić information content (AvgIpc) is 2.23. The van der Waals surface area contributed by atoms with Crippen LogP contribution in [0.4, 0.5) is 0 Å². The van der Waals surface area contributed by atoms with Crippen molar-refractivity contribution >= 4 is 6.29 Å². The zero-order chi connectivity index (χ0) is 10.5. The smallest absolute Gasteiger partial charge is 0.168 e. The van der Waals surface area contributed by atoms with Gasteiger partial charge >= 0.3 is 0 Å². The van der Waals surface area contributed by atoms with Gasteiger partial charge in [-0.2, -0.15) is 0 Å². The van der Waals surface area contributed by atoms with Crippen molar-refractivity contribution in [3.05, 3.63) is 30.1 Å². The molecule has 0 aliphatic carbocycles. The number of hydrogen-bond acceptors (Lipinski definition) is 2. The summed E-state index contributed by atoms with van der Waals surface area (Å²) in [5.74, 6) is 0. The summed E-state index contributed by atoms with van der Waals surface area (Å²) in [6, 6.07) is 5.21. The van der Waals surface area contributed by atoms with Gasteiger partial charge in [-0.1, -0.05) is 40.2 Å². The first-order chi connectivity index (χ1) is 6.35. The minimum Gasteiger partial charge on any atom is -0.296 e. The van der Waals surface area contributed by atoms with E-state index in [0.29, 0.717) is 5.69 Å². The lowest BCUT2D eigenvalue weighted by Crippen LogP contribution is -1.80. The van der Waals surface area contributed by atoms with Gasteiger partial charge in [-0.3, -0.25) is 9.78 Å². The van der Waals surface area contributed by atoms with Crippen molar-refractivity contribution in [1.29, 1.82) is 0 Å². The van der Waals surface area contributed by atoms with Crippen LogP contribution in [0.2, 0.25) is 0 Å². The van der Waals surface area contributed by atoms with Crippen LogP contribution in [0.15, 0.2) is 24.4 Å². The van der Waals surface area contributed by atoms with Crippen LogP contribution >= 0.6 is 0 Å². The van der Waals surface area contributed by atoms with E-state index < -0.39 is 0 Å². The Bertz CT molecular complexity index is 185. The van der Waals surface area contributed by atoms with E-state index in [0.717, 1.165) is 6.29 Å². The third kappa shape index (κ3) is 10.8. The number of rotatable bonds is 1. The van der Waals surface area contributed by atoms with Gasteiger partial charge < -0.3 is 0 Å². The van der Waals surface area contributed by atoms with Crippen LogP contribution in [0.1, 0.15) is 44.6 Å². The van der Waals surface area contributed by atoms with Gasteiger partial charge in [-0.15, -0.1) is 0 Å². The molecule has 0 saturated heterocycles. The predicted molar refractivity (Wildman–Crippen MR) is 56.9 cm³/mol. The second-order valence-electron chi connectivity index (χ2n) is 2.08. The SMILES string of the molecule is CC.CCC.O=Cc1ccccn1. The quantitative estimate of drug-likeness (QED) is 0.622. The summed E-state index contributed by atoms with van der Waals surface area (Å²) in [5, 5.41) is 0. The van der Waals surface area contributed by atoms with Crippen molar-refractivity contribution in [3.63, 3.8) is 0 Å². The average molecular weight is 181 g/mol. The Morgan fingerprint density at radius 2 is 1.85 bits per heavy atom. The molecule has 74 valence electrons. The maximum atomic E-state index is 9.94. The highest BCUT2D eigenvalue weighted by Gasteiger charge is 1.81. The maximum absolute atomic E-state index is 9.94. The Kier molecular flexibility index (Phi) is 14.8. The normalized spacial score (nSPS) is 7.08. The molecule has 0 aliphatic heterocycles. The Hall–Kier alpha value is -1.18. The van der Waals surface area contributed by atoms with Crippen molar-refractivity contribution in [1.82, 2.24) is 4.98 Å². The molecule has 0 aromatic carbocycles. The van der Waals surface area contributed by atoms with Crippen LogP contribution in [-0.4, -0.2) is 11.3 Å². The Labute approximate surface area is 81.0 Å². The van der Waals surface area contributed by atoms with Gasteiger partial charge in [0.15, 0.2) is 6.29 Å². The minimum atomic E-state index is 0.479. The van der Waals surface area contributed by atoms with E-state index in [1.54, 1.807) is 24.4 Å². The van der Waals surface area contributed by atoms with Gasteiger partial charge in [-0.05, 0) is 12.1 Å². The lowest BCUT2D eigenvalue weighted by atomic mass is 10.4. The number of hydrogen-bond donors (Lipinski definition) is 0. The van der Waals surface area contributed by atoms with E-state index >= 15 is 0 Å². The molecule has 0 amide bonds. The summed E-state index contributed by atoms with van der Waals surface area (Å²) in [6.07, 6.45) is 3.56. The molecule has 2 heteroatoms. The fraction of sp³-hybridized carbons (Fsp3) is 0.455. The van der Waals surface area contributed by atoms with E-state index in [2.05, 4.69) is 18.8 Å². The highest BCUT2D eigenvalue weighted by Crippen LogP contribution is 1.85. The maximum Gasteiger partial charge on any atom is 0.168 e. The molecular formula is C11H19NO. The van der Waals surface area contributed by atoms with Crippen LogP contribution in [0.5, 0.6) is 0 Å². The number of pyridine rings is 1. The lowest BCUT2D eigenvalue weighted by molar-refractivity contribution is 0.111. The molecule has 1 heterocycles. The monoisotopic (exact) mass is 181 g/mol. The zero-order valence-electron chi connectivity index (χ0n) is 8.95. The first-order valence-corrected chi connectivity index (χ1v) is 4.71. The van der Waals surface area contributed by atoms with E-state index in [1.807, 2.05) is 13.8 Å². The van der Waals surface area contributed by atoms with Gasteiger partial charge in [0.05, 0.1) is 0 Å². The van der Waals surface area contributed by atoms with Gasteiger partial charge in [0, 0.05) is 6.20 Å². The highest BCUT2D eigenvalue weighted by atomic mass is 16.1. The van der Waals surface area contributed by atoms with Crippen molar-refractivity contribution in [2.45, 2.75) is 34.1 Å². The first-order valence-electron chi connectivity index (χ1n) is 4.71. The molecule has 2 nitrogen and oxygen atoms in total. The van der Waals surface area contributed by atoms with Crippen LogP contribution < -0.4 is 0 Å². The van der Waals surface area contributed by atoms with E-state index in [9.17, 15) is 4.79 Å². The number of aldehydes is 1. The molecule has 0 radical (unpaired) electrons. The molecule has 0 atom stereocenters. The van der Waals surface area contributed by atoms with Gasteiger partial charge in [0.1, 0.15) is 5.69 Å². The molecule has 13 heavy (non-hydrogen) atoms. The summed E-state index contributed by atoms with van der Waals surface area (Å²) in [5.41, 5.74) is 0.479. The van der Waals surface area contributed by atoms with Crippen LogP contribution in [0, 0.1) is 0 Å². The Morgan fingerprint density at radius 1 is 1.31 bits per heavy atom. The van der Waals surface area contributed by atoms with Crippen molar-refractivity contribution in [3.8, 4) is 0 Å². The molecule has 1 aromatic heterocycles. The highest BCUT2D eigenvalue weighted by molar-refractivity contribution is 5.71. The third-order valence-corrected chi connectivity index (χ3v) is 0.809. The van der Waals surface area contributed by atoms with Crippen LogP contribution in [0.3, 0.4) is 0 Å². The first kappa shape index (κ1) is 14.3. The van der Waals surface area contributed by atoms with Gasteiger partial charge in [0.2, 0.25) is 0 Å². The summed E-state index contributed by atoms with van der Waals surface area (Å²) >= 11 is 0. The van der Waals surface area contributed by atoms with Crippen LogP contribution in [0.25, 0.3) is 0 Å². The predicted octanol–water partition coefficient (Wildman–Crippen LogP) is 3.34. The van der Waals surface area contributed by atoms with Crippen LogP contribution in [-0.2, 0) is 0 Å². The third-order valence-electron chi connectivity index (χ3n) is 0.809. The molecule has 1 aromatic rings. The molecule has 0 fully saturated rings. The lowest BCUT2D eigenvalue weighted by Gasteiger charge is -1.81. The Morgan fingerprint density at radius 3 is 2.08 bits per heavy atom. The van der Waals surface area contributed by atoms with E-state index in [1.165, 1.54) is 6.42 Å². The minimum absolute atomic E-state index is 0.479. The number of carbonyl (C=O) groups is 1. The summed E-state index contributed by atoms with van der Waals surface area (Å²) in [4.78, 5) is 13.7. The van der Waals surface area contributed by atoms with Crippen molar-refractivity contribution in [2.24, 2.45) is 0 Å². The standard InChI is InChI=1S/C6H5NO.C3H8.C2H6/c8-5-6-3-1-2-4-7-6;1-3-2;1-2/h1-5H;3H2,1-2H3;1-2H3. The largest absolute Gasteiger partial charge is 0.296 e. The van der Waals surface area contributed by atoms with Gasteiger partial charge in [0.25, 0.3) is 0 Å². The molecule has 0 unspecified atom stereocenters. The number of nitrogens with zero attached hydrogens (tertiary/aromatic N) is 1. The molecule has 0 spiro atoms. The molecule has 1 rings (SSSR count). The molecule has 0 aliphatic rings. The number of aromatic nitrogens is 1. The second kappa shape index (κ2) is 13.4. The van der Waals surface area contributed by atoms with Crippen molar-refractivity contribution < 1.29 is 4.79 Å². The summed E-state index contributed by atoms with van der Waals surface area (Å²) in [6.45, 7) is 8.25.